The summed E-state index contributed by atoms with van der Waals surface area (Å²) in [5.74, 6) is 0.991. The van der Waals surface area contributed by atoms with E-state index in [9.17, 15) is 14.7 Å². The SMILES string of the molecule is CSCCC(NC(=O)c1ccc(COC(CSC(C)(C)C)CC2CCCCC2)cc1-c1ccccc1C)C(=O)O.[Li+]. The Kier molecular flexibility index (Phi) is 15.5. The van der Waals surface area contributed by atoms with E-state index in [4.69, 9.17) is 4.74 Å². The summed E-state index contributed by atoms with van der Waals surface area (Å²) in [6, 6.07) is 12.9. The Bertz CT molecular complexity index is 1110. The minimum absolute atomic E-state index is 0. The van der Waals surface area contributed by atoms with Gasteiger partial charge in [0.15, 0.2) is 0 Å². The Morgan fingerprint density at radius 2 is 1.78 bits per heavy atom. The molecule has 0 saturated heterocycles. The zero-order chi connectivity index (χ0) is 29.1. The van der Waals surface area contributed by atoms with Gasteiger partial charge >= 0.3 is 24.8 Å². The Labute approximate surface area is 267 Å². The number of hydrogen-bond donors (Lipinski definition) is 2. The number of ether oxygens (including phenoxy) is 1. The predicted octanol–water partition coefficient (Wildman–Crippen LogP) is 4.99. The van der Waals surface area contributed by atoms with Gasteiger partial charge in [0.2, 0.25) is 0 Å². The van der Waals surface area contributed by atoms with Gasteiger partial charge < -0.3 is 15.2 Å². The molecule has 220 valence electrons. The Morgan fingerprint density at radius 3 is 2.41 bits per heavy atom. The normalized spacial score (nSPS) is 15.5. The molecule has 2 atom stereocenters. The fourth-order valence-corrected chi connectivity index (χ4v) is 6.63. The van der Waals surface area contributed by atoms with Crippen LogP contribution in [0.3, 0.4) is 0 Å². The summed E-state index contributed by atoms with van der Waals surface area (Å²) >= 11 is 3.53. The number of benzene rings is 2. The second kappa shape index (κ2) is 17.7. The quantitative estimate of drug-likeness (QED) is 0.301. The van der Waals surface area contributed by atoms with Gasteiger partial charge in [-0.3, -0.25) is 4.79 Å². The van der Waals surface area contributed by atoms with Crippen LogP contribution in [-0.2, 0) is 16.1 Å². The van der Waals surface area contributed by atoms with Crippen molar-refractivity contribution in [1.82, 2.24) is 5.32 Å². The standard InChI is InChI=1S/C33H47NO4S2.Li/c1-23-11-9-10-14-27(23)29-20-25(15-16-28(29)31(35)34-30(32(36)37)17-18-39-5)21-38-26(22-40-33(2,3)4)19-24-12-7-6-8-13-24;/h9-11,14-16,20,24,26,30H,6-8,12-13,17-19,21-22H2,1-5H3,(H,34,35)(H,36,37);/q;+1. The number of nitrogens with one attached hydrogen (secondary N) is 1. The molecular formula is C33H47LiNO4S2+. The van der Waals surface area contributed by atoms with E-state index in [1.54, 1.807) is 11.8 Å². The van der Waals surface area contributed by atoms with Crippen LogP contribution in [0, 0.1) is 12.8 Å². The summed E-state index contributed by atoms with van der Waals surface area (Å²) in [7, 11) is 0. The van der Waals surface area contributed by atoms with Gasteiger partial charge in [0.1, 0.15) is 6.04 Å². The Hall–Kier alpha value is -1.36. The third-order valence-corrected chi connectivity index (χ3v) is 9.54. The molecule has 3 rings (SSSR count). The Morgan fingerprint density at radius 1 is 1.07 bits per heavy atom. The molecular weight excluding hydrogens is 545 g/mol. The summed E-state index contributed by atoms with van der Waals surface area (Å²) < 4.78 is 6.77. The molecule has 1 saturated carbocycles. The molecule has 0 aromatic heterocycles. The number of amides is 1. The second-order valence-electron chi connectivity index (χ2n) is 11.9. The van der Waals surface area contributed by atoms with Gasteiger partial charge in [-0.1, -0.05) is 83.2 Å². The molecule has 2 aromatic carbocycles. The maximum atomic E-state index is 13.4. The minimum atomic E-state index is -1.01. The van der Waals surface area contributed by atoms with Crippen molar-refractivity contribution in [3.8, 4) is 11.1 Å². The molecule has 2 N–H and O–H groups in total. The second-order valence-corrected chi connectivity index (χ2v) is 14.8. The number of carboxylic acid groups (broad SMARTS) is 1. The summed E-state index contributed by atoms with van der Waals surface area (Å²) in [5, 5.41) is 12.4. The van der Waals surface area contributed by atoms with Crippen LogP contribution in [0.2, 0.25) is 0 Å². The van der Waals surface area contributed by atoms with Crippen molar-refractivity contribution in [2.45, 2.75) is 96.1 Å². The fourth-order valence-electron chi connectivity index (χ4n) is 5.24. The molecule has 8 heteroatoms. The van der Waals surface area contributed by atoms with Gasteiger partial charge in [0, 0.05) is 16.1 Å². The molecule has 0 radical (unpaired) electrons. The molecule has 1 amide bonds. The summed E-state index contributed by atoms with van der Waals surface area (Å²) in [6.45, 7) is 9.27. The van der Waals surface area contributed by atoms with Crippen LogP contribution in [0.4, 0.5) is 0 Å². The first-order valence-corrected chi connectivity index (χ1v) is 16.9. The van der Waals surface area contributed by atoms with Crippen molar-refractivity contribution in [1.29, 1.82) is 0 Å². The average molecular weight is 593 g/mol. The van der Waals surface area contributed by atoms with Crippen molar-refractivity contribution in [2.24, 2.45) is 5.92 Å². The van der Waals surface area contributed by atoms with Crippen molar-refractivity contribution in [3.05, 3.63) is 59.2 Å². The Balaban J connectivity index is 0.00000588. The van der Waals surface area contributed by atoms with E-state index in [1.807, 2.05) is 67.4 Å². The van der Waals surface area contributed by atoms with Crippen LogP contribution in [0.15, 0.2) is 42.5 Å². The average Bonchev–Trinajstić information content (AvgIpc) is 2.92. The van der Waals surface area contributed by atoms with Crippen molar-refractivity contribution < 1.29 is 38.3 Å². The van der Waals surface area contributed by atoms with Crippen LogP contribution in [-0.4, -0.2) is 51.6 Å². The maximum Gasteiger partial charge on any atom is 1.00 e. The molecule has 2 aromatic rings. The molecule has 1 fully saturated rings. The third-order valence-electron chi connectivity index (χ3n) is 7.49. The first-order chi connectivity index (χ1) is 19.1. The van der Waals surface area contributed by atoms with E-state index in [0.717, 1.165) is 40.3 Å². The number of thioether (sulfide) groups is 2. The summed E-state index contributed by atoms with van der Waals surface area (Å²) in [6.07, 6.45) is 10.2. The molecule has 5 nitrogen and oxygen atoms in total. The first kappa shape index (κ1) is 35.8. The van der Waals surface area contributed by atoms with Gasteiger partial charge in [0.25, 0.3) is 5.91 Å². The monoisotopic (exact) mass is 592 g/mol. The van der Waals surface area contributed by atoms with E-state index in [-0.39, 0.29) is 35.6 Å². The van der Waals surface area contributed by atoms with Crippen LogP contribution >= 0.6 is 23.5 Å². The largest absolute Gasteiger partial charge is 1.00 e. The van der Waals surface area contributed by atoms with Gasteiger partial charge in [-0.15, -0.1) is 0 Å². The van der Waals surface area contributed by atoms with E-state index in [0.29, 0.717) is 24.3 Å². The van der Waals surface area contributed by atoms with Gasteiger partial charge in [-0.25, -0.2) is 4.79 Å². The zero-order valence-electron chi connectivity index (χ0n) is 25.8. The molecule has 0 heterocycles. The topological polar surface area (TPSA) is 75.6 Å². The third kappa shape index (κ3) is 12.0. The molecule has 41 heavy (non-hydrogen) atoms. The number of hydrogen-bond acceptors (Lipinski definition) is 5. The zero-order valence-corrected chi connectivity index (χ0v) is 27.5. The summed E-state index contributed by atoms with van der Waals surface area (Å²) in [4.78, 5) is 25.2. The van der Waals surface area contributed by atoms with Gasteiger partial charge in [-0.05, 0) is 72.1 Å². The fraction of sp³-hybridized carbons (Fsp3) is 0.576. The number of carbonyl (C=O) groups is 2. The van der Waals surface area contributed by atoms with Gasteiger partial charge in [-0.2, -0.15) is 23.5 Å². The van der Waals surface area contributed by atoms with E-state index in [1.165, 1.54) is 32.1 Å². The van der Waals surface area contributed by atoms with E-state index < -0.39 is 12.0 Å². The molecule has 0 bridgehead atoms. The minimum Gasteiger partial charge on any atom is -0.480 e. The number of aliphatic carboxylic acids is 1. The van der Waals surface area contributed by atoms with Crippen molar-refractivity contribution >= 4 is 35.4 Å². The molecule has 0 spiro atoms. The molecule has 1 aliphatic carbocycles. The smallest absolute Gasteiger partial charge is 0.480 e. The summed E-state index contributed by atoms with van der Waals surface area (Å²) in [5.41, 5.74) is 4.33. The first-order valence-electron chi connectivity index (χ1n) is 14.5. The number of aryl methyl sites for hydroxylation is 1. The van der Waals surface area contributed by atoms with E-state index in [2.05, 4.69) is 26.1 Å². The number of carboxylic acids is 1. The van der Waals surface area contributed by atoms with Crippen LogP contribution in [0.1, 0.15) is 87.2 Å². The molecule has 2 unspecified atom stereocenters. The van der Waals surface area contributed by atoms with Crippen LogP contribution in [0.25, 0.3) is 11.1 Å². The van der Waals surface area contributed by atoms with E-state index >= 15 is 0 Å². The van der Waals surface area contributed by atoms with Crippen molar-refractivity contribution in [2.75, 3.05) is 17.8 Å². The van der Waals surface area contributed by atoms with Crippen LogP contribution in [0.5, 0.6) is 0 Å². The van der Waals surface area contributed by atoms with Crippen molar-refractivity contribution in [3.63, 3.8) is 0 Å². The number of rotatable bonds is 14. The van der Waals surface area contributed by atoms with Gasteiger partial charge in [0.05, 0.1) is 12.7 Å². The molecule has 0 aliphatic heterocycles. The maximum absolute atomic E-state index is 13.4. The predicted molar refractivity (Wildman–Crippen MR) is 170 cm³/mol. The van der Waals surface area contributed by atoms with Crippen LogP contribution < -0.4 is 24.2 Å². The number of carbonyl (C=O) groups excluding carboxylic acids is 1. The molecule has 1 aliphatic rings.